The second-order valence-corrected chi connectivity index (χ2v) is 5.25. The average molecular weight is 280 g/mol. The van der Waals surface area contributed by atoms with Crippen LogP contribution in [0.2, 0.25) is 0 Å². The van der Waals surface area contributed by atoms with Crippen molar-refractivity contribution in [3.63, 3.8) is 0 Å². The van der Waals surface area contributed by atoms with Crippen LogP contribution in [0, 0.1) is 6.92 Å². The molecule has 0 spiro atoms. The van der Waals surface area contributed by atoms with Gasteiger partial charge in [-0.2, -0.15) is 0 Å². The van der Waals surface area contributed by atoms with E-state index in [0.29, 0.717) is 0 Å². The van der Waals surface area contributed by atoms with E-state index in [4.69, 9.17) is 5.11 Å². The quantitative estimate of drug-likeness (QED) is 0.837. The van der Waals surface area contributed by atoms with Crippen LogP contribution in [-0.2, 0) is 15.1 Å². The molecule has 20 heavy (non-hydrogen) atoms. The van der Waals surface area contributed by atoms with Crippen LogP contribution in [0.1, 0.15) is 32.8 Å². The third-order valence-corrected chi connectivity index (χ3v) is 3.23. The lowest BCUT2D eigenvalue weighted by Crippen LogP contribution is -2.52. The first-order valence-electron chi connectivity index (χ1n) is 6.43. The molecule has 6 nitrogen and oxygen atoms in total. The number of pyridine rings is 1. The summed E-state index contributed by atoms with van der Waals surface area (Å²) in [5.74, 6) is -1.59. The molecule has 1 unspecified atom stereocenters. The van der Waals surface area contributed by atoms with Gasteiger partial charge in [0.25, 0.3) is 5.56 Å². The van der Waals surface area contributed by atoms with Crippen molar-refractivity contribution >= 4 is 11.9 Å². The number of amides is 1. The van der Waals surface area contributed by atoms with Crippen molar-refractivity contribution in [2.24, 2.45) is 0 Å². The van der Waals surface area contributed by atoms with Crippen molar-refractivity contribution in [1.29, 1.82) is 0 Å². The predicted octanol–water partition coefficient (Wildman–Crippen LogP) is 0.871. The molecule has 1 aromatic heterocycles. The minimum Gasteiger partial charge on any atom is -0.480 e. The summed E-state index contributed by atoms with van der Waals surface area (Å²) in [7, 11) is 0. The highest BCUT2D eigenvalue weighted by molar-refractivity contribution is 5.88. The number of carbonyl (C=O) groups is 2. The number of aliphatic carboxylic acids is 1. The van der Waals surface area contributed by atoms with E-state index in [-0.39, 0.29) is 12.0 Å². The standard InChI is InChI=1S/C14H20N2O4/c1-5-10(12(18)19)15-13(20)14(3,4)16-8-9(2)6-7-11(16)17/h6-8,10H,5H2,1-4H3,(H,15,20)(H,18,19). The van der Waals surface area contributed by atoms with Gasteiger partial charge in [-0.3, -0.25) is 9.59 Å². The monoisotopic (exact) mass is 280 g/mol. The molecule has 6 heteroatoms. The van der Waals surface area contributed by atoms with Crippen molar-refractivity contribution < 1.29 is 14.7 Å². The first kappa shape index (κ1) is 15.9. The first-order valence-corrected chi connectivity index (χ1v) is 6.43. The smallest absolute Gasteiger partial charge is 0.326 e. The van der Waals surface area contributed by atoms with Crippen LogP contribution in [0.25, 0.3) is 0 Å². The van der Waals surface area contributed by atoms with Crippen molar-refractivity contribution in [1.82, 2.24) is 9.88 Å². The maximum Gasteiger partial charge on any atom is 0.326 e. The van der Waals surface area contributed by atoms with Gasteiger partial charge in [-0.1, -0.05) is 13.0 Å². The minimum atomic E-state index is -1.16. The van der Waals surface area contributed by atoms with Crippen molar-refractivity contribution in [3.8, 4) is 0 Å². The molecule has 0 aromatic carbocycles. The molecule has 1 heterocycles. The third-order valence-electron chi connectivity index (χ3n) is 3.23. The summed E-state index contributed by atoms with van der Waals surface area (Å²) < 4.78 is 1.31. The summed E-state index contributed by atoms with van der Waals surface area (Å²) in [6.07, 6.45) is 1.86. The SMILES string of the molecule is CCC(NC(=O)C(C)(C)n1cc(C)ccc1=O)C(=O)O. The Balaban J connectivity index is 3.09. The van der Waals surface area contributed by atoms with Crippen LogP contribution in [0.15, 0.2) is 23.1 Å². The Labute approximate surface area is 117 Å². The molecule has 1 atom stereocenters. The summed E-state index contributed by atoms with van der Waals surface area (Å²) in [6, 6.07) is 2.10. The average Bonchev–Trinajstić information content (AvgIpc) is 2.37. The topological polar surface area (TPSA) is 88.4 Å². The van der Waals surface area contributed by atoms with Crippen molar-refractivity contribution in [3.05, 3.63) is 34.2 Å². The number of rotatable bonds is 5. The van der Waals surface area contributed by atoms with Gasteiger partial charge in [-0.05, 0) is 32.8 Å². The molecule has 1 amide bonds. The number of carbonyl (C=O) groups excluding carboxylic acids is 1. The molecule has 0 aliphatic rings. The molecule has 0 aliphatic carbocycles. The molecule has 0 bridgehead atoms. The largest absolute Gasteiger partial charge is 0.480 e. The Hall–Kier alpha value is -2.11. The molecule has 2 N–H and O–H groups in total. The predicted molar refractivity (Wildman–Crippen MR) is 74.6 cm³/mol. The molecule has 110 valence electrons. The number of nitrogens with one attached hydrogen (secondary N) is 1. The summed E-state index contributed by atoms with van der Waals surface area (Å²) in [5, 5.41) is 11.4. The molecule has 1 aromatic rings. The summed E-state index contributed by atoms with van der Waals surface area (Å²) in [6.45, 7) is 6.65. The Morgan fingerprint density at radius 2 is 2.00 bits per heavy atom. The minimum absolute atomic E-state index is 0.278. The molecule has 0 radical (unpaired) electrons. The zero-order chi connectivity index (χ0) is 15.5. The van der Waals surface area contributed by atoms with Gasteiger partial charge < -0.3 is 15.0 Å². The number of aryl methyl sites for hydroxylation is 1. The van der Waals surface area contributed by atoms with E-state index in [9.17, 15) is 14.4 Å². The lowest BCUT2D eigenvalue weighted by Gasteiger charge is -2.28. The van der Waals surface area contributed by atoms with Crippen molar-refractivity contribution in [2.45, 2.75) is 45.7 Å². The number of carboxylic acid groups (broad SMARTS) is 1. The maximum absolute atomic E-state index is 12.3. The Morgan fingerprint density at radius 1 is 1.40 bits per heavy atom. The highest BCUT2D eigenvalue weighted by Gasteiger charge is 2.33. The van der Waals surface area contributed by atoms with Gasteiger partial charge in [-0.25, -0.2) is 4.79 Å². The van der Waals surface area contributed by atoms with Crippen LogP contribution in [0.4, 0.5) is 0 Å². The molecular weight excluding hydrogens is 260 g/mol. The summed E-state index contributed by atoms with van der Waals surface area (Å²) in [4.78, 5) is 35.1. The van der Waals surface area contributed by atoms with E-state index >= 15 is 0 Å². The second kappa shape index (κ2) is 5.90. The van der Waals surface area contributed by atoms with E-state index < -0.39 is 23.5 Å². The lowest BCUT2D eigenvalue weighted by molar-refractivity contribution is -0.143. The van der Waals surface area contributed by atoms with E-state index in [2.05, 4.69) is 5.32 Å². The van der Waals surface area contributed by atoms with E-state index in [0.717, 1.165) is 5.56 Å². The fourth-order valence-electron chi connectivity index (χ4n) is 1.81. The van der Waals surface area contributed by atoms with Gasteiger partial charge in [0.15, 0.2) is 0 Å². The molecule has 1 rings (SSSR count). The summed E-state index contributed by atoms with van der Waals surface area (Å²) >= 11 is 0. The van der Waals surface area contributed by atoms with Gasteiger partial charge in [0.1, 0.15) is 11.6 Å². The van der Waals surface area contributed by atoms with Crippen LogP contribution >= 0.6 is 0 Å². The van der Waals surface area contributed by atoms with Crippen LogP contribution in [-0.4, -0.2) is 27.6 Å². The summed E-state index contributed by atoms with van der Waals surface area (Å²) in [5.41, 5.74) is -0.624. The van der Waals surface area contributed by atoms with Crippen LogP contribution < -0.4 is 10.9 Å². The van der Waals surface area contributed by atoms with Crippen LogP contribution in [0.5, 0.6) is 0 Å². The fourth-order valence-corrected chi connectivity index (χ4v) is 1.81. The molecule has 0 saturated carbocycles. The number of hydrogen-bond donors (Lipinski definition) is 2. The Morgan fingerprint density at radius 3 is 2.50 bits per heavy atom. The number of carboxylic acids is 1. The fraction of sp³-hybridized carbons (Fsp3) is 0.500. The normalized spacial score (nSPS) is 12.8. The van der Waals surface area contributed by atoms with Gasteiger partial charge >= 0.3 is 5.97 Å². The van der Waals surface area contributed by atoms with E-state index in [1.165, 1.54) is 10.6 Å². The van der Waals surface area contributed by atoms with Gasteiger partial charge in [0, 0.05) is 12.3 Å². The lowest BCUT2D eigenvalue weighted by atomic mass is 10.0. The Kier molecular flexibility index (Phi) is 4.70. The second-order valence-electron chi connectivity index (χ2n) is 5.25. The number of nitrogens with zero attached hydrogens (tertiary/aromatic N) is 1. The van der Waals surface area contributed by atoms with Gasteiger partial charge in [0.05, 0.1) is 0 Å². The first-order chi connectivity index (χ1) is 9.20. The molecular formula is C14H20N2O4. The number of aromatic nitrogens is 1. The molecule has 0 aliphatic heterocycles. The molecule has 0 fully saturated rings. The third kappa shape index (κ3) is 3.26. The zero-order valence-corrected chi connectivity index (χ0v) is 12.1. The van der Waals surface area contributed by atoms with Gasteiger partial charge in [0.2, 0.25) is 5.91 Å². The highest BCUT2D eigenvalue weighted by Crippen LogP contribution is 2.14. The maximum atomic E-state index is 12.3. The van der Waals surface area contributed by atoms with Crippen molar-refractivity contribution in [2.75, 3.05) is 0 Å². The van der Waals surface area contributed by atoms with E-state index in [1.54, 1.807) is 33.0 Å². The van der Waals surface area contributed by atoms with Crippen LogP contribution in [0.3, 0.4) is 0 Å². The van der Waals surface area contributed by atoms with E-state index in [1.807, 2.05) is 6.92 Å². The highest BCUT2D eigenvalue weighted by atomic mass is 16.4. The van der Waals surface area contributed by atoms with Gasteiger partial charge in [-0.15, -0.1) is 0 Å². The number of hydrogen-bond acceptors (Lipinski definition) is 3. The zero-order valence-electron chi connectivity index (χ0n) is 12.1. The Bertz CT molecular complexity index is 575. The molecule has 0 saturated heterocycles.